The van der Waals surface area contributed by atoms with Crippen molar-refractivity contribution in [1.29, 1.82) is 0 Å². The van der Waals surface area contributed by atoms with Crippen LogP contribution < -0.4 is 16.1 Å². The second-order valence-electron chi connectivity index (χ2n) is 9.72. The van der Waals surface area contributed by atoms with Crippen LogP contribution >= 0.6 is 0 Å². The van der Waals surface area contributed by atoms with E-state index in [9.17, 15) is 22.8 Å². The van der Waals surface area contributed by atoms with E-state index in [-0.39, 0.29) is 11.4 Å². The van der Waals surface area contributed by atoms with Crippen LogP contribution in [0.2, 0.25) is 0 Å². The molecule has 34 heavy (non-hydrogen) atoms. The molecule has 186 valence electrons. The number of nitrogens with one attached hydrogen (secondary N) is 1. The number of aryl methyl sites for hydroxylation is 1. The van der Waals surface area contributed by atoms with Gasteiger partial charge in [-0.25, -0.2) is 14.8 Å². The third kappa shape index (κ3) is 6.34. The number of hydrogen-bond donors (Lipinski definition) is 1. The van der Waals surface area contributed by atoms with Crippen molar-refractivity contribution in [2.45, 2.75) is 52.8 Å². The van der Waals surface area contributed by atoms with Crippen molar-refractivity contribution in [3.63, 3.8) is 0 Å². The molecule has 3 rings (SSSR count). The SMILES string of the molecule is CC(=CCN1CCN(c2cc(C(F)(F)F)nc(C(C)(C)C)n2)CC1)Cn1cc(C)c(=O)[nH]c1=O. The molecule has 0 bridgehead atoms. The molecule has 1 aliphatic heterocycles. The summed E-state index contributed by atoms with van der Waals surface area (Å²) in [5.74, 6) is 0.470. The molecule has 8 nitrogen and oxygen atoms in total. The summed E-state index contributed by atoms with van der Waals surface area (Å²) in [6, 6.07) is 1.03. The fraction of sp³-hybridized carbons (Fsp3) is 0.565. The molecule has 1 aliphatic rings. The van der Waals surface area contributed by atoms with Gasteiger partial charge in [0.25, 0.3) is 5.56 Å². The molecular weight excluding hydrogens is 449 g/mol. The van der Waals surface area contributed by atoms with Crippen molar-refractivity contribution in [3.8, 4) is 0 Å². The van der Waals surface area contributed by atoms with E-state index in [1.807, 2.05) is 17.9 Å². The lowest BCUT2D eigenvalue weighted by molar-refractivity contribution is -0.141. The molecular formula is C23H31F3N6O2. The molecule has 3 heterocycles. The lowest BCUT2D eigenvalue weighted by Crippen LogP contribution is -2.47. The Bertz CT molecular complexity index is 1140. The summed E-state index contributed by atoms with van der Waals surface area (Å²) < 4.78 is 41.7. The third-order valence-corrected chi connectivity index (χ3v) is 5.68. The fourth-order valence-electron chi connectivity index (χ4n) is 3.59. The molecule has 0 aromatic carbocycles. The number of H-pyrrole nitrogens is 1. The maximum Gasteiger partial charge on any atom is 0.433 e. The molecule has 2 aromatic heterocycles. The van der Waals surface area contributed by atoms with E-state index < -0.39 is 23.0 Å². The maximum atomic E-state index is 13.4. The lowest BCUT2D eigenvalue weighted by atomic mass is 9.95. The van der Waals surface area contributed by atoms with E-state index in [1.165, 1.54) is 4.57 Å². The number of aromatic amines is 1. The summed E-state index contributed by atoms with van der Waals surface area (Å²) in [5.41, 5.74) is -0.924. The first-order valence-electron chi connectivity index (χ1n) is 11.1. The first-order valence-corrected chi connectivity index (χ1v) is 11.1. The quantitative estimate of drug-likeness (QED) is 0.663. The normalized spacial score (nSPS) is 16.2. The Labute approximate surface area is 196 Å². The Morgan fingerprint density at radius 2 is 1.76 bits per heavy atom. The Balaban J connectivity index is 1.65. The van der Waals surface area contributed by atoms with Crippen LogP contribution in [0, 0.1) is 6.92 Å². The summed E-state index contributed by atoms with van der Waals surface area (Å²) in [6.45, 7) is 12.4. The van der Waals surface area contributed by atoms with Gasteiger partial charge in [0.1, 0.15) is 17.3 Å². The number of alkyl halides is 3. The average Bonchev–Trinajstić information content (AvgIpc) is 2.75. The molecule has 1 saturated heterocycles. The van der Waals surface area contributed by atoms with Gasteiger partial charge in [-0.2, -0.15) is 13.2 Å². The van der Waals surface area contributed by atoms with E-state index in [1.54, 1.807) is 33.9 Å². The van der Waals surface area contributed by atoms with Crippen LogP contribution in [0.25, 0.3) is 0 Å². The first-order chi connectivity index (χ1) is 15.7. The second kappa shape index (κ2) is 9.73. The Kier molecular flexibility index (Phi) is 7.35. The predicted octanol–water partition coefficient (Wildman–Crippen LogP) is 2.72. The van der Waals surface area contributed by atoms with Gasteiger partial charge in [-0.3, -0.25) is 19.2 Å². The van der Waals surface area contributed by atoms with Crippen LogP contribution in [0.5, 0.6) is 0 Å². The van der Waals surface area contributed by atoms with Crippen molar-refractivity contribution in [3.05, 3.63) is 61.8 Å². The molecule has 2 aromatic rings. The fourth-order valence-corrected chi connectivity index (χ4v) is 3.59. The zero-order valence-corrected chi connectivity index (χ0v) is 20.2. The molecule has 0 atom stereocenters. The van der Waals surface area contributed by atoms with Crippen molar-refractivity contribution >= 4 is 5.82 Å². The van der Waals surface area contributed by atoms with Crippen LogP contribution in [0.15, 0.2) is 33.5 Å². The summed E-state index contributed by atoms with van der Waals surface area (Å²) in [5, 5.41) is 0. The highest BCUT2D eigenvalue weighted by atomic mass is 19.4. The summed E-state index contributed by atoms with van der Waals surface area (Å²) in [7, 11) is 0. The molecule has 1 N–H and O–H groups in total. The van der Waals surface area contributed by atoms with Gasteiger partial charge in [-0.15, -0.1) is 0 Å². The molecule has 0 unspecified atom stereocenters. The highest BCUT2D eigenvalue weighted by molar-refractivity contribution is 5.42. The van der Waals surface area contributed by atoms with Gasteiger partial charge in [-0.05, 0) is 13.8 Å². The monoisotopic (exact) mass is 480 g/mol. The standard InChI is InChI=1S/C23H31F3N6O2/c1-15(13-32-14-16(2)19(33)29-21(32)34)6-7-30-8-10-31(11-9-30)18-12-17(23(24,25)26)27-20(28-18)22(3,4)5/h6,12,14H,7-11,13H2,1-5H3,(H,29,33,34). The second-order valence-corrected chi connectivity index (χ2v) is 9.72. The number of allylic oxidation sites excluding steroid dienone is 1. The van der Waals surface area contributed by atoms with Gasteiger partial charge in [0.05, 0.1) is 0 Å². The number of rotatable bonds is 5. The van der Waals surface area contributed by atoms with Crippen molar-refractivity contribution in [2.24, 2.45) is 0 Å². The topological polar surface area (TPSA) is 87.1 Å². The number of nitrogens with zero attached hydrogens (tertiary/aromatic N) is 5. The van der Waals surface area contributed by atoms with Gasteiger partial charge in [0, 0.05) is 62.5 Å². The van der Waals surface area contributed by atoms with Gasteiger partial charge in [-0.1, -0.05) is 32.4 Å². The Morgan fingerprint density at radius 1 is 1.12 bits per heavy atom. The van der Waals surface area contributed by atoms with Crippen LogP contribution in [-0.2, 0) is 18.1 Å². The Hall–Kier alpha value is -2.95. The van der Waals surface area contributed by atoms with Crippen LogP contribution in [-0.4, -0.2) is 57.1 Å². The van der Waals surface area contributed by atoms with Gasteiger partial charge >= 0.3 is 11.9 Å². The number of halogens is 3. The minimum Gasteiger partial charge on any atom is -0.354 e. The van der Waals surface area contributed by atoms with Crippen LogP contribution in [0.4, 0.5) is 19.0 Å². The van der Waals surface area contributed by atoms with Crippen molar-refractivity contribution in [2.75, 3.05) is 37.6 Å². The largest absolute Gasteiger partial charge is 0.433 e. The van der Waals surface area contributed by atoms with Gasteiger partial charge < -0.3 is 4.90 Å². The van der Waals surface area contributed by atoms with Crippen LogP contribution in [0.1, 0.15) is 44.8 Å². The predicted molar refractivity (Wildman–Crippen MR) is 124 cm³/mol. The molecule has 11 heteroatoms. The van der Waals surface area contributed by atoms with Crippen molar-refractivity contribution < 1.29 is 13.2 Å². The molecule has 0 spiro atoms. The number of anilines is 1. The zero-order chi connectivity index (χ0) is 25.3. The minimum atomic E-state index is -4.53. The number of hydrogen-bond acceptors (Lipinski definition) is 6. The molecule has 0 aliphatic carbocycles. The van der Waals surface area contributed by atoms with Crippen molar-refractivity contribution in [1.82, 2.24) is 24.4 Å². The van der Waals surface area contributed by atoms with E-state index in [0.29, 0.717) is 50.6 Å². The summed E-state index contributed by atoms with van der Waals surface area (Å²) in [4.78, 5) is 38.0. The molecule has 0 saturated carbocycles. The van der Waals surface area contributed by atoms with E-state index >= 15 is 0 Å². The number of aromatic nitrogens is 4. The van der Waals surface area contributed by atoms with E-state index in [0.717, 1.165) is 11.6 Å². The maximum absolute atomic E-state index is 13.4. The smallest absolute Gasteiger partial charge is 0.354 e. The van der Waals surface area contributed by atoms with Crippen LogP contribution in [0.3, 0.4) is 0 Å². The highest BCUT2D eigenvalue weighted by Crippen LogP contribution is 2.32. The Morgan fingerprint density at radius 3 is 2.35 bits per heavy atom. The summed E-state index contributed by atoms with van der Waals surface area (Å²) >= 11 is 0. The minimum absolute atomic E-state index is 0.172. The molecule has 0 amide bonds. The van der Waals surface area contributed by atoms with E-state index in [4.69, 9.17) is 0 Å². The number of piperazine rings is 1. The van der Waals surface area contributed by atoms with Gasteiger partial charge in [0.15, 0.2) is 0 Å². The summed E-state index contributed by atoms with van der Waals surface area (Å²) in [6.07, 6.45) is -0.971. The van der Waals surface area contributed by atoms with Gasteiger partial charge in [0.2, 0.25) is 0 Å². The average molecular weight is 481 g/mol. The lowest BCUT2D eigenvalue weighted by Gasteiger charge is -2.35. The molecule has 1 fully saturated rings. The zero-order valence-electron chi connectivity index (χ0n) is 20.2. The molecule has 0 radical (unpaired) electrons. The first kappa shape index (κ1) is 25.7. The highest BCUT2D eigenvalue weighted by Gasteiger charge is 2.35. The third-order valence-electron chi connectivity index (χ3n) is 5.68. The van der Waals surface area contributed by atoms with E-state index in [2.05, 4.69) is 19.9 Å².